The Labute approximate surface area is 104 Å². The maximum atomic E-state index is 11.1. The van der Waals surface area contributed by atoms with E-state index >= 15 is 0 Å². The van der Waals surface area contributed by atoms with Gasteiger partial charge in [-0.2, -0.15) is 0 Å². The summed E-state index contributed by atoms with van der Waals surface area (Å²) in [7, 11) is 1.00. The third-order valence-electron chi connectivity index (χ3n) is 1.98. The molecular weight excluding hydrogens is 293 g/mol. The lowest BCUT2D eigenvalue weighted by Gasteiger charge is -1.94. The zero-order valence-corrected chi connectivity index (χ0v) is 10.2. The SMILES string of the molecule is O=[N+]([O-])c1ccc2c(c1)nc(S(=O)(=O)Cl)n2Cl. The minimum absolute atomic E-state index is 0.0772. The Hall–Kier alpha value is -1.38. The number of aromatic nitrogens is 2. The van der Waals surface area contributed by atoms with E-state index in [1.807, 2.05) is 0 Å². The number of nitro groups is 1. The molecule has 0 aliphatic rings. The molecule has 17 heavy (non-hydrogen) atoms. The first-order valence-corrected chi connectivity index (χ1v) is 6.73. The summed E-state index contributed by atoms with van der Waals surface area (Å²) >= 11 is 5.69. The summed E-state index contributed by atoms with van der Waals surface area (Å²) in [5.74, 6) is 0. The van der Waals surface area contributed by atoms with Crippen LogP contribution >= 0.6 is 22.5 Å². The summed E-state index contributed by atoms with van der Waals surface area (Å²) in [6, 6.07) is 3.59. The predicted molar refractivity (Wildman–Crippen MR) is 60.7 cm³/mol. The summed E-state index contributed by atoms with van der Waals surface area (Å²) < 4.78 is 22.9. The van der Waals surface area contributed by atoms with E-state index in [0.717, 1.165) is 10.2 Å². The largest absolute Gasteiger partial charge is 0.296 e. The molecule has 0 aliphatic heterocycles. The minimum Gasteiger partial charge on any atom is -0.258 e. The molecule has 0 fully saturated rings. The van der Waals surface area contributed by atoms with Crippen molar-refractivity contribution in [2.24, 2.45) is 0 Å². The highest BCUT2D eigenvalue weighted by Crippen LogP contribution is 2.26. The number of nitrogens with zero attached hydrogens (tertiary/aromatic N) is 3. The quantitative estimate of drug-likeness (QED) is 0.479. The first kappa shape index (κ1) is 12.1. The van der Waals surface area contributed by atoms with E-state index in [-0.39, 0.29) is 16.7 Å². The number of benzene rings is 1. The molecule has 0 N–H and O–H groups in total. The Kier molecular flexibility index (Phi) is 2.72. The molecule has 0 amide bonds. The fourth-order valence-electron chi connectivity index (χ4n) is 1.28. The van der Waals surface area contributed by atoms with E-state index in [1.54, 1.807) is 0 Å². The molecule has 0 saturated carbocycles. The summed E-state index contributed by atoms with van der Waals surface area (Å²) in [4.78, 5) is 13.5. The third kappa shape index (κ3) is 2.06. The van der Waals surface area contributed by atoms with Gasteiger partial charge in [0.25, 0.3) is 19.9 Å². The van der Waals surface area contributed by atoms with E-state index in [2.05, 4.69) is 4.98 Å². The molecule has 0 unspecified atom stereocenters. The summed E-state index contributed by atoms with van der Waals surface area (Å²) in [6.07, 6.45) is 0. The van der Waals surface area contributed by atoms with Crippen molar-refractivity contribution in [2.45, 2.75) is 5.16 Å². The van der Waals surface area contributed by atoms with Crippen LogP contribution in [0, 0.1) is 10.1 Å². The van der Waals surface area contributed by atoms with Crippen LogP contribution in [0.2, 0.25) is 0 Å². The van der Waals surface area contributed by atoms with Crippen LogP contribution in [-0.4, -0.2) is 22.4 Å². The van der Waals surface area contributed by atoms with Crippen molar-refractivity contribution >= 4 is 48.2 Å². The lowest BCUT2D eigenvalue weighted by Crippen LogP contribution is -1.97. The van der Waals surface area contributed by atoms with Crippen molar-refractivity contribution in [2.75, 3.05) is 0 Å². The molecule has 1 aromatic heterocycles. The van der Waals surface area contributed by atoms with Gasteiger partial charge in [0.2, 0.25) is 0 Å². The second kappa shape index (κ2) is 3.83. The maximum Gasteiger partial charge on any atom is 0.296 e. The second-order valence-electron chi connectivity index (χ2n) is 3.04. The molecule has 0 spiro atoms. The summed E-state index contributed by atoms with van der Waals surface area (Å²) in [5, 5.41) is 9.95. The topological polar surface area (TPSA) is 95.1 Å². The standard InChI is InChI=1S/C7H3Cl2N3O4S/c8-11-6-2-1-4(12(13)14)3-5(6)10-7(11)17(9,15)16/h1-3H. The number of non-ortho nitro benzene ring substituents is 1. The van der Waals surface area contributed by atoms with Gasteiger partial charge in [0.15, 0.2) is 0 Å². The van der Waals surface area contributed by atoms with Crippen molar-refractivity contribution in [3.63, 3.8) is 0 Å². The smallest absolute Gasteiger partial charge is 0.258 e. The van der Waals surface area contributed by atoms with Crippen molar-refractivity contribution < 1.29 is 13.3 Å². The lowest BCUT2D eigenvalue weighted by atomic mass is 10.3. The minimum atomic E-state index is -4.11. The van der Waals surface area contributed by atoms with E-state index < -0.39 is 19.1 Å². The molecule has 90 valence electrons. The van der Waals surface area contributed by atoms with Crippen molar-refractivity contribution in [1.29, 1.82) is 0 Å². The number of rotatable bonds is 2. The van der Waals surface area contributed by atoms with Crippen LogP contribution in [0.4, 0.5) is 5.69 Å². The van der Waals surface area contributed by atoms with Crippen LogP contribution in [-0.2, 0) is 9.05 Å². The molecule has 0 radical (unpaired) electrons. The van der Waals surface area contributed by atoms with E-state index in [0.29, 0.717) is 0 Å². The van der Waals surface area contributed by atoms with Crippen LogP contribution in [0.15, 0.2) is 23.4 Å². The lowest BCUT2D eigenvalue weighted by molar-refractivity contribution is -0.384. The summed E-state index contributed by atoms with van der Waals surface area (Å²) in [6.45, 7) is 0. The van der Waals surface area contributed by atoms with Gasteiger partial charge in [-0.25, -0.2) is 17.5 Å². The molecule has 1 aromatic carbocycles. The molecule has 2 rings (SSSR count). The van der Waals surface area contributed by atoms with Crippen molar-refractivity contribution in [3.8, 4) is 0 Å². The van der Waals surface area contributed by atoms with E-state index in [1.165, 1.54) is 12.1 Å². The van der Waals surface area contributed by atoms with Gasteiger partial charge in [0.05, 0.1) is 16.0 Å². The molecule has 0 atom stereocenters. The highest BCUT2D eigenvalue weighted by molar-refractivity contribution is 8.13. The van der Waals surface area contributed by atoms with E-state index in [4.69, 9.17) is 22.5 Å². The third-order valence-corrected chi connectivity index (χ3v) is 3.55. The van der Waals surface area contributed by atoms with E-state index in [9.17, 15) is 18.5 Å². The Morgan fingerprint density at radius 3 is 2.59 bits per heavy atom. The van der Waals surface area contributed by atoms with Crippen molar-refractivity contribution in [3.05, 3.63) is 28.3 Å². The van der Waals surface area contributed by atoms with Gasteiger partial charge in [-0.15, -0.1) is 0 Å². The van der Waals surface area contributed by atoms with Gasteiger partial charge in [-0.05, 0) is 6.07 Å². The van der Waals surface area contributed by atoms with Gasteiger partial charge in [0.1, 0.15) is 0 Å². The number of halogens is 2. The zero-order chi connectivity index (χ0) is 12.8. The number of hydrogen-bond acceptors (Lipinski definition) is 5. The monoisotopic (exact) mass is 295 g/mol. The normalized spacial score (nSPS) is 11.9. The van der Waals surface area contributed by atoms with Crippen LogP contribution in [0.25, 0.3) is 11.0 Å². The highest BCUT2D eigenvalue weighted by Gasteiger charge is 2.22. The number of fused-ring (bicyclic) bond motifs is 1. The Bertz CT molecular complexity index is 724. The zero-order valence-electron chi connectivity index (χ0n) is 7.87. The fourth-order valence-corrected chi connectivity index (χ4v) is 2.65. The fraction of sp³-hybridized carbons (Fsp3) is 0. The van der Waals surface area contributed by atoms with Crippen LogP contribution in [0.5, 0.6) is 0 Å². The predicted octanol–water partition coefficient (Wildman–Crippen LogP) is 1.87. The first-order valence-electron chi connectivity index (χ1n) is 4.08. The molecule has 0 bridgehead atoms. The van der Waals surface area contributed by atoms with Gasteiger partial charge in [-0.3, -0.25) is 10.1 Å². The molecule has 7 nitrogen and oxygen atoms in total. The molecule has 0 saturated heterocycles. The highest BCUT2D eigenvalue weighted by atomic mass is 35.7. The molecule has 2 aromatic rings. The van der Waals surface area contributed by atoms with Gasteiger partial charge in [0, 0.05) is 34.6 Å². The number of nitro benzene ring substituents is 1. The maximum absolute atomic E-state index is 11.1. The number of hydrogen-bond donors (Lipinski definition) is 0. The summed E-state index contributed by atoms with van der Waals surface area (Å²) in [5.41, 5.74) is 0.0794. The van der Waals surface area contributed by atoms with Crippen LogP contribution in [0.3, 0.4) is 0 Å². The van der Waals surface area contributed by atoms with Crippen molar-refractivity contribution in [1.82, 2.24) is 9.07 Å². The Morgan fingerprint density at radius 1 is 1.41 bits per heavy atom. The molecular formula is C7H3Cl2N3O4S. The second-order valence-corrected chi connectivity index (χ2v) is 5.84. The molecule has 10 heteroatoms. The Morgan fingerprint density at radius 2 is 2.06 bits per heavy atom. The number of imidazole rings is 1. The average molecular weight is 296 g/mol. The average Bonchev–Trinajstić information content (AvgIpc) is 2.55. The Balaban J connectivity index is 2.79. The van der Waals surface area contributed by atoms with Gasteiger partial charge < -0.3 is 0 Å². The van der Waals surface area contributed by atoms with Gasteiger partial charge >= 0.3 is 0 Å². The molecule has 0 aliphatic carbocycles. The van der Waals surface area contributed by atoms with Crippen LogP contribution in [0.1, 0.15) is 0 Å². The van der Waals surface area contributed by atoms with Crippen LogP contribution < -0.4 is 0 Å². The molecule has 1 heterocycles. The van der Waals surface area contributed by atoms with Gasteiger partial charge in [-0.1, -0.05) is 0 Å². The first-order chi connectivity index (χ1) is 7.80.